The summed E-state index contributed by atoms with van der Waals surface area (Å²) in [7, 11) is 1.24. The molecule has 0 aliphatic rings. The molecule has 0 unspecified atom stereocenters. The summed E-state index contributed by atoms with van der Waals surface area (Å²) in [6, 6.07) is 6.82. The summed E-state index contributed by atoms with van der Waals surface area (Å²) in [6.45, 7) is 0.244. The molecule has 5 nitrogen and oxygen atoms in total. The van der Waals surface area contributed by atoms with Gasteiger partial charge in [0.1, 0.15) is 11.5 Å². The number of esters is 1. The maximum atomic E-state index is 14.0. The van der Waals surface area contributed by atoms with Crippen molar-refractivity contribution in [3.05, 3.63) is 59.9 Å². The number of halogens is 1. The highest BCUT2D eigenvalue weighted by molar-refractivity contribution is 5.88. The van der Waals surface area contributed by atoms with E-state index in [-0.39, 0.29) is 17.8 Å². The number of hydrogen-bond donors (Lipinski definition) is 0. The molecular weight excluding hydrogens is 273 g/mol. The maximum absolute atomic E-state index is 14.0. The van der Waals surface area contributed by atoms with Gasteiger partial charge in [0.15, 0.2) is 0 Å². The number of carbonyl (C=O) groups is 1. The number of fused-ring (bicyclic) bond motifs is 1. The predicted molar refractivity (Wildman–Crippen MR) is 74.4 cm³/mol. The average Bonchev–Trinajstić information content (AvgIpc) is 2.92. The number of hydrogen-bond acceptors (Lipinski definition) is 4. The summed E-state index contributed by atoms with van der Waals surface area (Å²) in [5.74, 6) is -1.16. The zero-order chi connectivity index (χ0) is 14.8. The van der Waals surface area contributed by atoms with Gasteiger partial charge in [-0.15, -0.1) is 0 Å². The molecule has 0 radical (unpaired) electrons. The van der Waals surface area contributed by atoms with Crippen LogP contribution in [0, 0.1) is 5.82 Å². The molecule has 0 saturated heterocycles. The van der Waals surface area contributed by atoms with Crippen LogP contribution in [0.1, 0.15) is 16.1 Å². The van der Waals surface area contributed by atoms with Crippen LogP contribution in [0.2, 0.25) is 0 Å². The van der Waals surface area contributed by atoms with Crippen molar-refractivity contribution in [1.29, 1.82) is 0 Å². The van der Waals surface area contributed by atoms with Gasteiger partial charge in [-0.2, -0.15) is 0 Å². The first-order chi connectivity index (χ1) is 10.2. The largest absolute Gasteiger partial charge is 0.465 e. The Morgan fingerprint density at radius 1 is 1.38 bits per heavy atom. The number of aromatic nitrogens is 3. The van der Waals surface area contributed by atoms with Crippen molar-refractivity contribution < 1.29 is 13.9 Å². The Labute approximate surface area is 120 Å². The number of ether oxygens (including phenoxy) is 1. The van der Waals surface area contributed by atoms with E-state index in [4.69, 9.17) is 0 Å². The van der Waals surface area contributed by atoms with Gasteiger partial charge in [-0.25, -0.2) is 14.2 Å². The lowest BCUT2D eigenvalue weighted by atomic mass is 10.2. The molecule has 3 aromatic heterocycles. The lowest BCUT2D eigenvalue weighted by Gasteiger charge is -2.06. The molecule has 0 aromatic carbocycles. The average molecular weight is 285 g/mol. The number of rotatable bonds is 3. The third-order valence-corrected chi connectivity index (χ3v) is 3.18. The van der Waals surface area contributed by atoms with Crippen LogP contribution in [0.3, 0.4) is 0 Å². The summed E-state index contributed by atoms with van der Waals surface area (Å²) >= 11 is 0. The lowest BCUT2D eigenvalue weighted by molar-refractivity contribution is 0.0599. The third kappa shape index (κ3) is 2.47. The summed E-state index contributed by atoms with van der Waals surface area (Å²) in [6.07, 6.45) is 4.82. The zero-order valence-corrected chi connectivity index (χ0v) is 11.3. The highest BCUT2D eigenvalue weighted by Gasteiger charge is 2.12. The molecule has 3 rings (SSSR count). The quantitative estimate of drug-likeness (QED) is 0.693. The predicted octanol–water partition coefficient (Wildman–Crippen LogP) is 2.41. The normalized spacial score (nSPS) is 10.8. The minimum absolute atomic E-state index is 0.0919. The Morgan fingerprint density at radius 2 is 2.24 bits per heavy atom. The monoisotopic (exact) mass is 285 g/mol. The van der Waals surface area contributed by atoms with Gasteiger partial charge >= 0.3 is 5.97 Å². The Kier molecular flexibility index (Phi) is 3.35. The lowest BCUT2D eigenvalue weighted by Crippen LogP contribution is -2.08. The van der Waals surface area contributed by atoms with Crippen LogP contribution in [0.4, 0.5) is 4.39 Å². The molecule has 0 aliphatic carbocycles. The fourth-order valence-corrected chi connectivity index (χ4v) is 2.12. The smallest absolute Gasteiger partial charge is 0.339 e. The molecule has 0 spiro atoms. The molecule has 21 heavy (non-hydrogen) atoms. The van der Waals surface area contributed by atoms with Crippen molar-refractivity contribution in [2.75, 3.05) is 7.11 Å². The van der Waals surface area contributed by atoms with Gasteiger partial charge in [-0.1, -0.05) is 0 Å². The van der Waals surface area contributed by atoms with Gasteiger partial charge in [-0.05, 0) is 24.3 Å². The van der Waals surface area contributed by atoms with Crippen molar-refractivity contribution in [3.63, 3.8) is 0 Å². The van der Waals surface area contributed by atoms with Crippen molar-refractivity contribution in [2.24, 2.45) is 0 Å². The van der Waals surface area contributed by atoms with E-state index in [0.717, 1.165) is 17.1 Å². The van der Waals surface area contributed by atoms with Gasteiger partial charge in [0.25, 0.3) is 0 Å². The number of nitrogens with zero attached hydrogens (tertiary/aromatic N) is 3. The minimum Gasteiger partial charge on any atom is -0.465 e. The van der Waals surface area contributed by atoms with Crippen molar-refractivity contribution in [3.8, 4) is 0 Å². The first-order valence-electron chi connectivity index (χ1n) is 6.31. The Hall–Kier alpha value is -2.76. The third-order valence-electron chi connectivity index (χ3n) is 3.18. The first kappa shape index (κ1) is 13.2. The molecule has 0 N–H and O–H groups in total. The van der Waals surface area contributed by atoms with E-state index in [9.17, 15) is 9.18 Å². The van der Waals surface area contributed by atoms with E-state index in [1.807, 2.05) is 24.4 Å². The molecule has 0 aliphatic heterocycles. The Bertz CT molecular complexity index is 814. The van der Waals surface area contributed by atoms with E-state index < -0.39 is 11.8 Å². The number of pyridine rings is 2. The number of carbonyl (C=O) groups excluding carboxylic acids is 1. The Balaban J connectivity index is 1.93. The molecule has 3 heterocycles. The van der Waals surface area contributed by atoms with Gasteiger partial charge in [0.2, 0.25) is 0 Å². The van der Waals surface area contributed by atoms with Gasteiger partial charge in [-0.3, -0.25) is 4.98 Å². The maximum Gasteiger partial charge on any atom is 0.339 e. The second-order valence-electron chi connectivity index (χ2n) is 4.50. The van der Waals surface area contributed by atoms with Crippen molar-refractivity contribution in [1.82, 2.24) is 14.5 Å². The SMILES string of the molecule is COC(=O)c1cnc(Cn2ccc3cccnc32)c(F)c1. The van der Waals surface area contributed by atoms with Crippen LogP contribution in [-0.2, 0) is 11.3 Å². The van der Waals surface area contributed by atoms with Crippen molar-refractivity contribution in [2.45, 2.75) is 6.54 Å². The highest BCUT2D eigenvalue weighted by atomic mass is 19.1. The second kappa shape index (κ2) is 5.32. The highest BCUT2D eigenvalue weighted by Crippen LogP contribution is 2.15. The van der Waals surface area contributed by atoms with Gasteiger partial charge in [0.05, 0.1) is 24.9 Å². The molecule has 0 fully saturated rings. The minimum atomic E-state index is -0.610. The summed E-state index contributed by atoms with van der Waals surface area (Å²) in [5.41, 5.74) is 1.09. The topological polar surface area (TPSA) is 57.0 Å². The fourth-order valence-electron chi connectivity index (χ4n) is 2.12. The van der Waals surface area contributed by atoms with Crippen LogP contribution in [-0.4, -0.2) is 27.6 Å². The van der Waals surface area contributed by atoms with E-state index >= 15 is 0 Å². The zero-order valence-electron chi connectivity index (χ0n) is 11.3. The second-order valence-corrected chi connectivity index (χ2v) is 4.50. The molecule has 106 valence electrons. The summed E-state index contributed by atoms with van der Waals surface area (Å²) in [5, 5.41) is 0.976. The van der Waals surface area contributed by atoms with E-state index in [2.05, 4.69) is 14.7 Å². The molecule has 0 atom stereocenters. The standard InChI is InChI=1S/C15H12FN3O2/c1-21-15(20)11-7-12(16)13(18-8-11)9-19-6-4-10-3-2-5-17-14(10)19/h2-8H,9H2,1H3. The van der Waals surface area contributed by atoms with E-state index in [1.165, 1.54) is 13.3 Å². The van der Waals surface area contributed by atoms with Gasteiger partial charge < -0.3 is 9.30 Å². The molecule has 0 saturated carbocycles. The van der Waals surface area contributed by atoms with E-state index in [0.29, 0.717) is 0 Å². The fraction of sp³-hybridized carbons (Fsp3) is 0.133. The Morgan fingerprint density at radius 3 is 3.00 bits per heavy atom. The summed E-state index contributed by atoms with van der Waals surface area (Å²) < 4.78 is 20.4. The molecule has 6 heteroatoms. The van der Waals surface area contributed by atoms with Crippen LogP contribution >= 0.6 is 0 Å². The van der Waals surface area contributed by atoms with Crippen LogP contribution in [0.25, 0.3) is 11.0 Å². The summed E-state index contributed by atoms with van der Waals surface area (Å²) in [4.78, 5) is 19.6. The van der Waals surface area contributed by atoms with Gasteiger partial charge in [0, 0.05) is 24.0 Å². The number of methoxy groups -OCH3 is 1. The van der Waals surface area contributed by atoms with E-state index in [1.54, 1.807) is 10.8 Å². The molecule has 3 aromatic rings. The first-order valence-corrected chi connectivity index (χ1v) is 6.31. The van der Waals surface area contributed by atoms with Crippen molar-refractivity contribution >= 4 is 17.0 Å². The van der Waals surface area contributed by atoms with Crippen LogP contribution in [0.5, 0.6) is 0 Å². The molecular formula is C15H12FN3O2. The molecule has 0 amide bonds. The van der Waals surface area contributed by atoms with Crippen LogP contribution < -0.4 is 0 Å². The van der Waals surface area contributed by atoms with Crippen LogP contribution in [0.15, 0.2) is 42.9 Å². The molecule has 0 bridgehead atoms.